The van der Waals surface area contributed by atoms with E-state index < -0.39 is 0 Å². The highest BCUT2D eigenvalue weighted by atomic mass is 16.5. The highest BCUT2D eigenvalue weighted by molar-refractivity contribution is 5.33. The van der Waals surface area contributed by atoms with Gasteiger partial charge in [0.15, 0.2) is 0 Å². The lowest BCUT2D eigenvalue weighted by Crippen LogP contribution is -2.28. The molecule has 0 amide bonds. The van der Waals surface area contributed by atoms with Crippen molar-refractivity contribution >= 4 is 0 Å². The van der Waals surface area contributed by atoms with E-state index in [1.807, 2.05) is 0 Å². The lowest BCUT2D eigenvalue weighted by molar-refractivity contribution is 0.101. The van der Waals surface area contributed by atoms with Gasteiger partial charge in [0, 0.05) is 12.1 Å². The zero-order valence-corrected chi connectivity index (χ0v) is 11.6. The van der Waals surface area contributed by atoms with Crippen molar-refractivity contribution in [1.29, 1.82) is 0 Å². The van der Waals surface area contributed by atoms with Gasteiger partial charge in [-0.3, -0.25) is 0 Å². The van der Waals surface area contributed by atoms with Crippen molar-refractivity contribution in [1.82, 2.24) is 5.32 Å². The van der Waals surface area contributed by atoms with Crippen LogP contribution in [-0.4, -0.2) is 12.6 Å². The van der Waals surface area contributed by atoms with Crippen LogP contribution in [0.25, 0.3) is 0 Å². The molecule has 1 fully saturated rings. The Hall–Kier alpha value is -1.02. The van der Waals surface area contributed by atoms with Crippen molar-refractivity contribution in [2.75, 3.05) is 6.54 Å². The van der Waals surface area contributed by atoms with Crippen LogP contribution in [0.3, 0.4) is 0 Å². The zero-order chi connectivity index (χ0) is 12.8. The summed E-state index contributed by atoms with van der Waals surface area (Å²) in [7, 11) is 0. The van der Waals surface area contributed by atoms with Gasteiger partial charge < -0.3 is 10.1 Å². The van der Waals surface area contributed by atoms with Gasteiger partial charge in [0.1, 0.15) is 11.9 Å². The molecule has 1 N–H and O–H groups in total. The molecule has 1 aliphatic rings. The Morgan fingerprint density at radius 3 is 2.78 bits per heavy atom. The average Bonchev–Trinajstić information content (AvgIpc) is 2.40. The number of hydrogen-bond acceptors (Lipinski definition) is 2. The fourth-order valence-corrected chi connectivity index (χ4v) is 2.64. The van der Waals surface area contributed by atoms with E-state index in [0.717, 1.165) is 18.8 Å². The Morgan fingerprint density at radius 1 is 1.22 bits per heavy atom. The molecule has 1 aromatic carbocycles. The van der Waals surface area contributed by atoms with Crippen molar-refractivity contribution in [3.63, 3.8) is 0 Å². The van der Waals surface area contributed by atoms with E-state index in [0.29, 0.717) is 12.0 Å². The first kappa shape index (κ1) is 13.4. The van der Waals surface area contributed by atoms with Gasteiger partial charge in [0.05, 0.1) is 0 Å². The minimum Gasteiger partial charge on any atom is -0.490 e. The van der Waals surface area contributed by atoms with Crippen LogP contribution in [0.1, 0.15) is 45.1 Å². The van der Waals surface area contributed by atoms with Crippen molar-refractivity contribution in [3.8, 4) is 5.75 Å². The molecule has 2 nitrogen and oxygen atoms in total. The van der Waals surface area contributed by atoms with Gasteiger partial charge in [-0.15, -0.1) is 0 Å². The second kappa shape index (κ2) is 6.79. The molecule has 1 saturated carbocycles. The normalized spacial score (nSPS) is 23.9. The molecule has 1 aliphatic carbocycles. The largest absolute Gasteiger partial charge is 0.490 e. The molecule has 18 heavy (non-hydrogen) atoms. The van der Waals surface area contributed by atoms with Crippen LogP contribution in [0, 0.1) is 5.92 Å². The van der Waals surface area contributed by atoms with E-state index in [4.69, 9.17) is 4.74 Å². The minimum absolute atomic E-state index is 0.404. The molecule has 2 heteroatoms. The Kier molecular flexibility index (Phi) is 5.06. The summed E-state index contributed by atoms with van der Waals surface area (Å²) in [5, 5.41) is 3.37. The van der Waals surface area contributed by atoms with E-state index in [1.165, 1.54) is 31.2 Å². The molecule has 2 unspecified atom stereocenters. The summed E-state index contributed by atoms with van der Waals surface area (Å²) < 4.78 is 6.26. The number of rotatable bonds is 5. The standard InChI is InChI=1S/C16H25NO/c1-3-17-12-14-9-5-7-11-16(14)18-15-10-6-4-8-13(15)2/h5,7,9,11,13,15,17H,3-4,6,8,10,12H2,1-2H3. The molecule has 0 aromatic heterocycles. The fourth-order valence-electron chi connectivity index (χ4n) is 2.64. The number of ether oxygens (including phenoxy) is 1. The first-order valence-electron chi connectivity index (χ1n) is 7.26. The highest BCUT2D eigenvalue weighted by Gasteiger charge is 2.23. The molecule has 0 bridgehead atoms. The third-order valence-electron chi connectivity index (χ3n) is 3.85. The molecule has 1 aromatic rings. The van der Waals surface area contributed by atoms with E-state index in [-0.39, 0.29) is 0 Å². The van der Waals surface area contributed by atoms with Crippen LogP contribution < -0.4 is 10.1 Å². The zero-order valence-electron chi connectivity index (χ0n) is 11.6. The lowest BCUT2D eigenvalue weighted by atomic mass is 9.88. The quantitative estimate of drug-likeness (QED) is 0.855. The van der Waals surface area contributed by atoms with Crippen LogP contribution >= 0.6 is 0 Å². The first-order valence-corrected chi connectivity index (χ1v) is 7.26. The number of para-hydroxylation sites is 1. The number of nitrogens with one attached hydrogen (secondary N) is 1. The fraction of sp³-hybridized carbons (Fsp3) is 0.625. The smallest absolute Gasteiger partial charge is 0.124 e. The summed E-state index contributed by atoms with van der Waals surface area (Å²) >= 11 is 0. The highest BCUT2D eigenvalue weighted by Crippen LogP contribution is 2.29. The van der Waals surface area contributed by atoms with Crippen LogP contribution in [0.15, 0.2) is 24.3 Å². The van der Waals surface area contributed by atoms with Gasteiger partial charge in [-0.2, -0.15) is 0 Å². The van der Waals surface area contributed by atoms with Crippen LogP contribution in [0.4, 0.5) is 0 Å². The van der Waals surface area contributed by atoms with Gasteiger partial charge in [-0.05, 0) is 37.8 Å². The third kappa shape index (κ3) is 3.49. The van der Waals surface area contributed by atoms with E-state index in [1.54, 1.807) is 0 Å². The number of hydrogen-bond donors (Lipinski definition) is 1. The molecular formula is C16H25NO. The average molecular weight is 247 g/mol. The van der Waals surface area contributed by atoms with Crippen molar-refractivity contribution in [3.05, 3.63) is 29.8 Å². The molecule has 0 spiro atoms. The van der Waals surface area contributed by atoms with Crippen molar-refractivity contribution < 1.29 is 4.74 Å². The maximum Gasteiger partial charge on any atom is 0.124 e. The molecule has 2 rings (SSSR count). The van der Waals surface area contributed by atoms with Gasteiger partial charge in [-0.1, -0.05) is 38.5 Å². The van der Waals surface area contributed by atoms with E-state index in [9.17, 15) is 0 Å². The molecule has 2 atom stereocenters. The van der Waals surface area contributed by atoms with E-state index in [2.05, 4.69) is 43.4 Å². The summed E-state index contributed by atoms with van der Waals surface area (Å²) in [4.78, 5) is 0. The summed E-state index contributed by atoms with van der Waals surface area (Å²) in [6.45, 7) is 6.34. The minimum atomic E-state index is 0.404. The topological polar surface area (TPSA) is 21.3 Å². The Morgan fingerprint density at radius 2 is 2.00 bits per heavy atom. The lowest BCUT2D eigenvalue weighted by Gasteiger charge is -2.30. The predicted molar refractivity (Wildman–Crippen MR) is 75.9 cm³/mol. The maximum atomic E-state index is 6.26. The Bertz CT molecular complexity index is 364. The van der Waals surface area contributed by atoms with Gasteiger partial charge in [0.2, 0.25) is 0 Å². The second-order valence-corrected chi connectivity index (χ2v) is 5.31. The van der Waals surface area contributed by atoms with Gasteiger partial charge >= 0.3 is 0 Å². The van der Waals surface area contributed by atoms with Crippen LogP contribution in [-0.2, 0) is 6.54 Å². The van der Waals surface area contributed by atoms with Crippen molar-refractivity contribution in [2.45, 2.75) is 52.2 Å². The third-order valence-corrected chi connectivity index (χ3v) is 3.85. The second-order valence-electron chi connectivity index (χ2n) is 5.31. The SMILES string of the molecule is CCNCc1ccccc1OC1CCCCC1C. The molecule has 0 heterocycles. The Labute approximate surface area is 111 Å². The monoisotopic (exact) mass is 247 g/mol. The van der Waals surface area contributed by atoms with Crippen LogP contribution in [0.5, 0.6) is 5.75 Å². The van der Waals surface area contributed by atoms with E-state index >= 15 is 0 Å². The molecule has 0 aliphatic heterocycles. The molecule has 100 valence electrons. The van der Waals surface area contributed by atoms with Crippen LogP contribution in [0.2, 0.25) is 0 Å². The summed E-state index contributed by atoms with van der Waals surface area (Å²) in [5.41, 5.74) is 1.28. The molecule has 0 radical (unpaired) electrons. The summed E-state index contributed by atoms with van der Waals surface area (Å²) in [5.74, 6) is 1.75. The molecule has 0 saturated heterocycles. The maximum absolute atomic E-state index is 6.26. The predicted octanol–water partition coefficient (Wildman–Crippen LogP) is 3.75. The molecular weight excluding hydrogens is 222 g/mol. The van der Waals surface area contributed by atoms with Gasteiger partial charge in [-0.25, -0.2) is 0 Å². The summed E-state index contributed by atoms with van der Waals surface area (Å²) in [6.07, 6.45) is 5.59. The first-order chi connectivity index (χ1) is 8.81. The van der Waals surface area contributed by atoms with Crippen molar-refractivity contribution in [2.24, 2.45) is 5.92 Å². The Balaban J connectivity index is 2.03. The number of benzene rings is 1. The summed E-state index contributed by atoms with van der Waals surface area (Å²) in [6, 6.07) is 8.42. The van der Waals surface area contributed by atoms with Gasteiger partial charge in [0.25, 0.3) is 0 Å².